The van der Waals surface area contributed by atoms with Crippen molar-refractivity contribution in [2.24, 2.45) is 0 Å². The van der Waals surface area contributed by atoms with E-state index in [0.29, 0.717) is 45.2 Å². The summed E-state index contributed by atoms with van der Waals surface area (Å²) in [5, 5.41) is 5.39. The maximum atomic E-state index is 13.6. The summed E-state index contributed by atoms with van der Waals surface area (Å²) in [4.78, 5) is 25.1. The molecule has 0 bridgehead atoms. The van der Waals surface area contributed by atoms with Gasteiger partial charge in [-0.3, -0.25) is 0 Å². The van der Waals surface area contributed by atoms with Crippen LogP contribution in [0.2, 0.25) is 0 Å². The predicted molar refractivity (Wildman–Crippen MR) is 156 cm³/mol. The Hall–Kier alpha value is -4.02. The van der Waals surface area contributed by atoms with E-state index in [4.69, 9.17) is 14.1 Å². The lowest BCUT2D eigenvalue weighted by molar-refractivity contribution is 0.422. The highest BCUT2D eigenvalue weighted by Crippen LogP contribution is 2.49. The monoisotopic (exact) mass is 643 g/mol. The molecule has 0 amide bonds. The fourth-order valence-corrected chi connectivity index (χ4v) is 6.06. The van der Waals surface area contributed by atoms with Crippen molar-refractivity contribution in [1.82, 2.24) is 19.6 Å². The van der Waals surface area contributed by atoms with Crippen molar-refractivity contribution < 1.29 is 9.15 Å². The molecule has 1 atom stereocenters. The number of hydrogen-bond donors (Lipinski definition) is 0. The van der Waals surface area contributed by atoms with E-state index in [2.05, 4.69) is 41.9 Å². The first-order chi connectivity index (χ1) is 18.9. The summed E-state index contributed by atoms with van der Waals surface area (Å²) in [6, 6.07) is 21.2. The van der Waals surface area contributed by atoms with Crippen LogP contribution < -0.4 is 15.3 Å². The van der Waals surface area contributed by atoms with Gasteiger partial charge in [0.1, 0.15) is 11.9 Å². The van der Waals surface area contributed by atoms with Gasteiger partial charge in [-0.15, -0.1) is 5.10 Å². The van der Waals surface area contributed by atoms with Gasteiger partial charge in [-0.1, -0.05) is 46.3 Å². The van der Waals surface area contributed by atoms with E-state index in [-0.39, 0.29) is 0 Å². The number of halogens is 2. The third-order valence-corrected chi connectivity index (χ3v) is 8.02. The lowest BCUT2D eigenvalue weighted by Gasteiger charge is -2.28. The molecule has 10 heteroatoms. The van der Waals surface area contributed by atoms with Crippen molar-refractivity contribution in [3.63, 3.8) is 0 Å². The molecule has 1 aliphatic heterocycles. The molecule has 3 aromatic heterocycles. The predicted octanol–water partition coefficient (Wildman–Crippen LogP) is 6.77. The van der Waals surface area contributed by atoms with Crippen LogP contribution in [0, 0.1) is 0 Å². The number of ether oxygens (including phenoxy) is 1. The molecule has 39 heavy (non-hydrogen) atoms. The van der Waals surface area contributed by atoms with Gasteiger partial charge in [0.05, 0.1) is 28.1 Å². The van der Waals surface area contributed by atoms with Crippen molar-refractivity contribution in [2.75, 3.05) is 19.0 Å². The molecule has 0 aliphatic carbocycles. The third kappa shape index (κ3) is 3.85. The van der Waals surface area contributed by atoms with Crippen molar-refractivity contribution >= 4 is 54.2 Å². The minimum Gasteiger partial charge on any atom is -0.437 e. The molecule has 0 fully saturated rings. The molecule has 0 saturated carbocycles. The molecule has 3 aromatic carbocycles. The maximum absolute atomic E-state index is 13.6. The van der Waals surface area contributed by atoms with Crippen LogP contribution in [0.4, 0.5) is 5.69 Å². The van der Waals surface area contributed by atoms with Gasteiger partial charge in [0.15, 0.2) is 17.2 Å². The van der Waals surface area contributed by atoms with E-state index in [1.165, 1.54) is 0 Å². The Morgan fingerprint density at radius 2 is 1.77 bits per heavy atom. The first kappa shape index (κ1) is 24.1. The summed E-state index contributed by atoms with van der Waals surface area (Å²) in [7, 11) is 3.96. The summed E-state index contributed by atoms with van der Waals surface area (Å²) in [6.45, 7) is 0. The molecule has 192 valence electrons. The van der Waals surface area contributed by atoms with E-state index >= 15 is 0 Å². The van der Waals surface area contributed by atoms with Crippen LogP contribution in [0.5, 0.6) is 11.6 Å². The van der Waals surface area contributed by atoms with Crippen LogP contribution in [0.3, 0.4) is 0 Å². The zero-order valence-corrected chi connectivity index (χ0v) is 23.9. The highest BCUT2D eigenvalue weighted by Gasteiger charge is 2.37. The molecule has 4 heterocycles. The van der Waals surface area contributed by atoms with Crippen LogP contribution >= 0.6 is 31.9 Å². The summed E-state index contributed by atoms with van der Waals surface area (Å²) < 4.78 is 15.7. The zero-order valence-electron chi connectivity index (χ0n) is 20.7. The molecule has 0 spiro atoms. The van der Waals surface area contributed by atoms with Crippen LogP contribution in [-0.2, 0) is 0 Å². The number of aromatic nitrogens is 4. The summed E-state index contributed by atoms with van der Waals surface area (Å²) in [5.41, 5.74) is 4.30. The van der Waals surface area contributed by atoms with E-state index in [9.17, 15) is 4.79 Å². The van der Waals surface area contributed by atoms with Gasteiger partial charge in [-0.25, -0.2) is 19.3 Å². The Morgan fingerprint density at radius 1 is 0.974 bits per heavy atom. The standard InChI is InChI=1S/C29H19Br2N5O3/c1-35(2)20-12-9-16(13-19(20)31)22-23-25(18-5-3-4-6-21(18)38-29(23)37)39-28-24(22)27-33-26(34-36(27)14-32-28)15-7-10-17(30)11-8-15/h3-14,22H,1-2H3. The quantitative estimate of drug-likeness (QED) is 0.196. The van der Waals surface area contributed by atoms with E-state index in [1.807, 2.05) is 79.7 Å². The zero-order chi connectivity index (χ0) is 26.8. The number of para-hydroxylation sites is 1. The van der Waals surface area contributed by atoms with Crippen molar-refractivity contribution in [3.05, 3.63) is 109 Å². The first-order valence-electron chi connectivity index (χ1n) is 12.1. The van der Waals surface area contributed by atoms with Gasteiger partial charge in [-0.05, 0) is 57.9 Å². The molecule has 0 N–H and O–H groups in total. The molecule has 1 unspecified atom stereocenters. The minimum absolute atomic E-state index is 0.373. The van der Waals surface area contributed by atoms with Gasteiger partial charge in [0, 0.05) is 28.6 Å². The van der Waals surface area contributed by atoms with Crippen LogP contribution in [0.15, 0.2) is 91.2 Å². The Bertz CT molecular complexity index is 1980. The SMILES string of the molecule is CN(C)c1ccc(C2c3c(c4ccccc4oc3=O)Oc3ncn4nc(-c5ccc(Br)cc5)nc4c32)cc1Br. The molecule has 6 aromatic rings. The molecule has 8 nitrogen and oxygen atoms in total. The van der Waals surface area contributed by atoms with Crippen molar-refractivity contribution in [3.8, 4) is 23.0 Å². The largest absolute Gasteiger partial charge is 0.437 e. The van der Waals surface area contributed by atoms with Gasteiger partial charge in [0.2, 0.25) is 5.88 Å². The lowest BCUT2D eigenvalue weighted by atomic mass is 9.84. The van der Waals surface area contributed by atoms with Crippen LogP contribution in [-0.4, -0.2) is 33.7 Å². The minimum atomic E-state index is -0.560. The summed E-state index contributed by atoms with van der Waals surface area (Å²) in [6.07, 6.45) is 1.59. The Kier molecular flexibility index (Phi) is 5.57. The molecule has 0 saturated heterocycles. The number of fused-ring (bicyclic) bond motifs is 6. The first-order valence-corrected chi connectivity index (χ1v) is 13.7. The fourth-order valence-electron chi connectivity index (χ4n) is 5.05. The van der Waals surface area contributed by atoms with Crippen LogP contribution in [0.1, 0.15) is 22.6 Å². The third-order valence-electron chi connectivity index (χ3n) is 6.85. The maximum Gasteiger partial charge on any atom is 0.344 e. The molecular weight excluding hydrogens is 626 g/mol. The number of benzene rings is 3. The number of rotatable bonds is 3. The van der Waals surface area contributed by atoms with Gasteiger partial charge in [-0.2, -0.15) is 0 Å². The average molecular weight is 645 g/mol. The Labute approximate surface area is 239 Å². The van der Waals surface area contributed by atoms with Crippen molar-refractivity contribution in [2.45, 2.75) is 5.92 Å². The topological polar surface area (TPSA) is 85.8 Å². The smallest absolute Gasteiger partial charge is 0.344 e. The second kappa shape index (κ2) is 9.03. The van der Waals surface area contributed by atoms with E-state index in [1.54, 1.807) is 16.9 Å². The van der Waals surface area contributed by atoms with E-state index < -0.39 is 11.5 Å². The number of nitrogens with zero attached hydrogens (tertiary/aromatic N) is 5. The molecule has 7 rings (SSSR count). The lowest BCUT2D eigenvalue weighted by Crippen LogP contribution is -2.22. The fraction of sp³-hybridized carbons (Fsp3) is 0.103. The van der Waals surface area contributed by atoms with Crippen molar-refractivity contribution in [1.29, 1.82) is 0 Å². The summed E-state index contributed by atoms with van der Waals surface area (Å²) >= 11 is 7.19. The van der Waals surface area contributed by atoms with Gasteiger partial charge < -0.3 is 14.1 Å². The average Bonchev–Trinajstić information content (AvgIpc) is 3.37. The highest BCUT2D eigenvalue weighted by atomic mass is 79.9. The molecule has 0 radical (unpaired) electrons. The van der Waals surface area contributed by atoms with E-state index in [0.717, 1.165) is 25.8 Å². The van der Waals surface area contributed by atoms with Gasteiger partial charge >= 0.3 is 5.63 Å². The summed E-state index contributed by atoms with van der Waals surface area (Å²) in [5.74, 6) is 0.794. The molecule has 1 aliphatic rings. The van der Waals surface area contributed by atoms with Crippen LogP contribution in [0.25, 0.3) is 28.0 Å². The Morgan fingerprint density at radius 3 is 2.54 bits per heavy atom. The highest BCUT2D eigenvalue weighted by molar-refractivity contribution is 9.10. The number of anilines is 1. The Balaban J connectivity index is 1.53. The number of hydrogen-bond acceptors (Lipinski definition) is 7. The second-order valence-electron chi connectivity index (χ2n) is 9.44. The molecular formula is C29H19Br2N5O3. The normalized spacial score (nSPS) is 14.2. The second-order valence-corrected chi connectivity index (χ2v) is 11.2. The van der Waals surface area contributed by atoms with Gasteiger partial charge in [0.25, 0.3) is 0 Å².